The fourth-order valence-electron chi connectivity index (χ4n) is 2.64. The second-order valence-corrected chi connectivity index (χ2v) is 5.76. The minimum absolute atomic E-state index is 0.485. The number of nitrogens with zero attached hydrogens (tertiary/aromatic N) is 1. The van der Waals surface area contributed by atoms with E-state index in [-0.39, 0.29) is 0 Å². The molecule has 5 nitrogen and oxygen atoms in total. The summed E-state index contributed by atoms with van der Waals surface area (Å²) < 4.78 is 16.1. The lowest BCUT2D eigenvalue weighted by molar-refractivity contribution is 0.324. The van der Waals surface area contributed by atoms with Gasteiger partial charge in [0.2, 0.25) is 5.75 Å². The summed E-state index contributed by atoms with van der Waals surface area (Å²) in [4.78, 5) is 4.44. The first kappa shape index (κ1) is 17.2. The highest BCUT2D eigenvalue weighted by Gasteiger charge is 2.13. The zero-order chi connectivity index (χ0) is 17.8. The average molecular weight is 359 g/mol. The molecule has 2 aromatic carbocycles. The Balaban J connectivity index is 1.87. The van der Waals surface area contributed by atoms with Crippen LogP contribution in [0.3, 0.4) is 0 Å². The third kappa shape index (κ3) is 3.56. The highest BCUT2D eigenvalue weighted by Crippen LogP contribution is 2.40. The number of pyridine rings is 1. The predicted molar refractivity (Wildman–Crippen MR) is 100 cm³/mol. The summed E-state index contributed by atoms with van der Waals surface area (Å²) in [5, 5.41) is 4.86. The third-order valence-electron chi connectivity index (χ3n) is 3.90. The lowest BCUT2D eigenvalue weighted by Crippen LogP contribution is -2.03. The molecule has 0 atom stereocenters. The second kappa shape index (κ2) is 7.49. The van der Waals surface area contributed by atoms with E-state index in [1.54, 1.807) is 21.3 Å². The van der Waals surface area contributed by atoms with Crippen LogP contribution in [-0.4, -0.2) is 26.3 Å². The zero-order valence-corrected chi connectivity index (χ0v) is 15.1. The molecule has 0 fully saturated rings. The first-order valence-electron chi connectivity index (χ1n) is 7.74. The average Bonchev–Trinajstić information content (AvgIpc) is 2.65. The number of para-hydroxylation sites is 1. The molecule has 1 aromatic heterocycles. The molecule has 0 saturated carbocycles. The van der Waals surface area contributed by atoms with Gasteiger partial charge in [-0.25, -0.2) is 4.98 Å². The van der Waals surface area contributed by atoms with Crippen molar-refractivity contribution in [3.05, 3.63) is 53.2 Å². The van der Waals surface area contributed by atoms with Crippen molar-refractivity contribution in [1.29, 1.82) is 0 Å². The van der Waals surface area contributed by atoms with Crippen LogP contribution in [0.25, 0.3) is 10.9 Å². The van der Waals surface area contributed by atoms with E-state index < -0.39 is 0 Å². The SMILES string of the molecule is COc1cc(NCc2cc3ccccc3nc2Cl)cc(OC)c1OC. The first-order chi connectivity index (χ1) is 12.2. The Bertz CT molecular complexity index is 874. The van der Waals surface area contributed by atoms with E-state index in [2.05, 4.69) is 10.3 Å². The monoisotopic (exact) mass is 358 g/mol. The Kier molecular flexibility index (Phi) is 5.14. The lowest BCUT2D eigenvalue weighted by Gasteiger charge is -2.15. The van der Waals surface area contributed by atoms with Crippen LogP contribution in [0.15, 0.2) is 42.5 Å². The van der Waals surface area contributed by atoms with Gasteiger partial charge in [0.1, 0.15) is 5.15 Å². The Morgan fingerprint density at radius 2 is 1.64 bits per heavy atom. The van der Waals surface area contributed by atoms with Gasteiger partial charge in [-0.2, -0.15) is 0 Å². The number of aromatic nitrogens is 1. The lowest BCUT2D eigenvalue weighted by atomic mass is 10.1. The van der Waals surface area contributed by atoms with E-state index in [0.717, 1.165) is 22.2 Å². The van der Waals surface area contributed by atoms with Gasteiger partial charge in [-0.1, -0.05) is 29.8 Å². The topological polar surface area (TPSA) is 52.6 Å². The van der Waals surface area contributed by atoms with Gasteiger partial charge < -0.3 is 19.5 Å². The normalized spacial score (nSPS) is 10.6. The molecular formula is C19H19ClN2O3. The van der Waals surface area contributed by atoms with Crippen molar-refractivity contribution in [1.82, 2.24) is 4.98 Å². The molecule has 1 N–H and O–H groups in total. The largest absolute Gasteiger partial charge is 0.493 e. The van der Waals surface area contributed by atoms with Crippen molar-refractivity contribution in [2.45, 2.75) is 6.54 Å². The van der Waals surface area contributed by atoms with E-state index in [1.807, 2.05) is 42.5 Å². The van der Waals surface area contributed by atoms with E-state index >= 15 is 0 Å². The molecular weight excluding hydrogens is 340 g/mol. The van der Waals surface area contributed by atoms with Gasteiger partial charge in [-0.15, -0.1) is 0 Å². The van der Waals surface area contributed by atoms with Crippen LogP contribution >= 0.6 is 11.6 Å². The Labute approximate surface area is 151 Å². The maximum atomic E-state index is 6.31. The van der Waals surface area contributed by atoms with Gasteiger partial charge in [-0.3, -0.25) is 0 Å². The number of ether oxygens (including phenoxy) is 3. The van der Waals surface area contributed by atoms with Gasteiger partial charge in [0.25, 0.3) is 0 Å². The predicted octanol–water partition coefficient (Wildman–Crippen LogP) is 4.53. The fourth-order valence-corrected chi connectivity index (χ4v) is 2.85. The number of rotatable bonds is 6. The molecule has 0 aliphatic rings. The van der Waals surface area contributed by atoms with Crippen LogP contribution < -0.4 is 19.5 Å². The molecule has 130 valence electrons. The molecule has 6 heteroatoms. The van der Waals surface area contributed by atoms with Crippen molar-refractivity contribution in [3.8, 4) is 17.2 Å². The number of benzene rings is 2. The summed E-state index contributed by atoms with van der Waals surface area (Å²) in [7, 11) is 4.75. The number of nitrogens with one attached hydrogen (secondary N) is 1. The van der Waals surface area contributed by atoms with E-state index in [9.17, 15) is 0 Å². The van der Waals surface area contributed by atoms with Crippen molar-refractivity contribution < 1.29 is 14.2 Å². The summed E-state index contributed by atoms with van der Waals surface area (Å²) in [5.41, 5.74) is 2.62. The Morgan fingerprint density at radius 1 is 0.960 bits per heavy atom. The zero-order valence-electron chi connectivity index (χ0n) is 14.3. The molecule has 0 aliphatic carbocycles. The van der Waals surface area contributed by atoms with E-state index in [0.29, 0.717) is 28.9 Å². The molecule has 0 aliphatic heterocycles. The maximum Gasteiger partial charge on any atom is 0.203 e. The van der Waals surface area contributed by atoms with Crippen LogP contribution in [0.2, 0.25) is 5.15 Å². The Morgan fingerprint density at radius 3 is 2.28 bits per heavy atom. The standard InChI is InChI=1S/C19H19ClN2O3/c1-23-16-9-14(10-17(24-2)18(16)25-3)21-11-13-8-12-6-4-5-7-15(12)22-19(13)20/h4-10,21H,11H2,1-3H3. The summed E-state index contributed by atoms with van der Waals surface area (Å²) in [6, 6.07) is 13.6. The number of methoxy groups -OCH3 is 3. The van der Waals surface area contributed by atoms with Crippen LogP contribution in [0.5, 0.6) is 17.2 Å². The quantitative estimate of drug-likeness (QED) is 0.656. The molecule has 0 bridgehead atoms. The van der Waals surface area contributed by atoms with E-state index in [1.165, 1.54) is 0 Å². The minimum Gasteiger partial charge on any atom is -0.493 e. The summed E-state index contributed by atoms with van der Waals surface area (Å²) in [6.45, 7) is 0.523. The molecule has 0 amide bonds. The third-order valence-corrected chi connectivity index (χ3v) is 4.23. The minimum atomic E-state index is 0.485. The molecule has 25 heavy (non-hydrogen) atoms. The van der Waals surface area contributed by atoms with Gasteiger partial charge in [-0.05, 0) is 12.1 Å². The number of anilines is 1. The second-order valence-electron chi connectivity index (χ2n) is 5.40. The van der Waals surface area contributed by atoms with E-state index in [4.69, 9.17) is 25.8 Å². The maximum absolute atomic E-state index is 6.31. The van der Waals surface area contributed by atoms with Crippen LogP contribution in [0, 0.1) is 0 Å². The molecule has 0 saturated heterocycles. The van der Waals surface area contributed by atoms with Gasteiger partial charge in [0, 0.05) is 35.3 Å². The van der Waals surface area contributed by atoms with Crippen LogP contribution in [-0.2, 0) is 6.54 Å². The number of hydrogen-bond donors (Lipinski definition) is 1. The van der Waals surface area contributed by atoms with Crippen molar-refractivity contribution >= 4 is 28.2 Å². The molecule has 3 aromatic rings. The van der Waals surface area contributed by atoms with Gasteiger partial charge in [0.05, 0.1) is 26.8 Å². The smallest absolute Gasteiger partial charge is 0.203 e. The molecule has 1 heterocycles. The van der Waals surface area contributed by atoms with Gasteiger partial charge >= 0.3 is 0 Å². The highest BCUT2D eigenvalue weighted by molar-refractivity contribution is 6.30. The van der Waals surface area contributed by atoms with Gasteiger partial charge in [0.15, 0.2) is 11.5 Å². The number of fused-ring (bicyclic) bond motifs is 1. The van der Waals surface area contributed by atoms with Crippen LogP contribution in [0.1, 0.15) is 5.56 Å². The molecule has 0 unspecified atom stereocenters. The molecule has 3 rings (SSSR count). The number of halogens is 1. The van der Waals surface area contributed by atoms with Crippen molar-refractivity contribution in [3.63, 3.8) is 0 Å². The van der Waals surface area contributed by atoms with Crippen molar-refractivity contribution in [2.24, 2.45) is 0 Å². The number of hydrogen-bond acceptors (Lipinski definition) is 5. The highest BCUT2D eigenvalue weighted by atomic mass is 35.5. The van der Waals surface area contributed by atoms with Crippen molar-refractivity contribution in [2.75, 3.05) is 26.6 Å². The molecule has 0 spiro atoms. The Hall–Kier alpha value is -2.66. The van der Waals surface area contributed by atoms with Crippen LogP contribution in [0.4, 0.5) is 5.69 Å². The molecule has 0 radical (unpaired) electrons. The fraction of sp³-hybridized carbons (Fsp3) is 0.211. The summed E-state index contributed by atoms with van der Waals surface area (Å²) in [5.74, 6) is 1.74. The summed E-state index contributed by atoms with van der Waals surface area (Å²) >= 11 is 6.31. The first-order valence-corrected chi connectivity index (χ1v) is 8.12. The summed E-state index contributed by atoms with van der Waals surface area (Å²) in [6.07, 6.45) is 0.